The molecule has 0 saturated carbocycles. The number of hydrogen-bond acceptors (Lipinski definition) is 5. The maximum absolute atomic E-state index is 11.1. The summed E-state index contributed by atoms with van der Waals surface area (Å²) >= 11 is 0. The number of rotatable bonds is 4. The third-order valence-corrected chi connectivity index (χ3v) is 4.15. The van der Waals surface area contributed by atoms with Crippen molar-refractivity contribution in [2.75, 3.05) is 13.1 Å². The lowest BCUT2D eigenvalue weighted by Gasteiger charge is -2.12. The lowest BCUT2D eigenvalue weighted by molar-refractivity contribution is -0.384. The molecule has 2 atom stereocenters. The van der Waals surface area contributed by atoms with Gasteiger partial charge in [0.15, 0.2) is 0 Å². The molecular formula is C16H20ClN3O3. The minimum atomic E-state index is -0.390. The Balaban J connectivity index is 0.00000192. The normalized spacial score (nSPS) is 21.1. The van der Waals surface area contributed by atoms with Gasteiger partial charge in [-0.25, -0.2) is 0 Å². The van der Waals surface area contributed by atoms with Crippen molar-refractivity contribution in [3.63, 3.8) is 0 Å². The standard InChI is InChI=1S/C16H19N3O3.ClH/c1-11-8-18(10-14(11)17)9-12-6-7-16(22-12)13-4-2-3-5-15(13)19(20)21;/h2-7,11,14H,8-10,17H2,1H3;1H. The van der Waals surface area contributed by atoms with Gasteiger partial charge in [-0.1, -0.05) is 19.1 Å². The zero-order chi connectivity index (χ0) is 15.7. The van der Waals surface area contributed by atoms with Crippen LogP contribution in [0, 0.1) is 16.0 Å². The first-order valence-corrected chi connectivity index (χ1v) is 7.35. The molecule has 0 aliphatic carbocycles. The number of nitro benzene ring substituents is 1. The highest BCUT2D eigenvalue weighted by molar-refractivity contribution is 5.85. The molecule has 2 N–H and O–H groups in total. The average Bonchev–Trinajstić information content (AvgIpc) is 3.07. The summed E-state index contributed by atoms with van der Waals surface area (Å²) in [6.07, 6.45) is 0. The molecule has 1 saturated heterocycles. The largest absolute Gasteiger partial charge is 0.459 e. The SMILES string of the molecule is CC1CN(Cc2ccc(-c3ccccc3[N+](=O)[O-])o2)CC1N.Cl. The van der Waals surface area contributed by atoms with Crippen molar-refractivity contribution in [2.45, 2.75) is 19.5 Å². The number of nitrogens with two attached hydrogens (primary N) is 1. The van der Waals surface area contributed by atoms with Crippen LogP contribution in [0.5, 0.6) is 0 Å². The van der Waals surface area contributed by atoms with Crippen molar-refractivity contribution in [1.29, 1.82) is 0 Å². The number of benzene rings is 1. The van der Waals surface area contributed by atoms with Crippen LogP contribution in [0.3, 0.4) is 0 Å². The molecule has 2 heterocycles. The summed E-state index contributed by atoms with van der Waals surface area (Å²) in [5, 5.41) is 11.1. The molecule has 0 radical (unpaired) electrons. The van der Waals surface area contributed by atoms with Gasteiger partial charge in [0, 0.05) is 25.2 Å². The predicted molar refractivity (Wildman–Crippen MR) is 90.5 cm³/mol. The maximum Gasteiger partial charge on any atom is 0.280 e. The summed E-state index contributed by atoms with van der Waals surface area (Å²) < 4.78 is 5.81. The minimum absolute atomic E-state index is 0. The second kappa shape index (κ2) is 7.12. The van der Waals surface area contributed by atoms with E-state index in [0.29, 0.717) is 23.8 Å². The van der Waals surface area contributed by atoms with E-state index in [-0.39, 0.29) is 24.1 Å². The average molecular weight is 338 g/mol. The van der Waals surface area contributed by atoms with Crippen molar-refractivity contribution >= 4 is 18.1 Å². The third-order valence-electron chi connectivity index (χ3n) is 4.15. The monoisotopic (exact) mass is 337 g/mol. The van der Waals surface area contributed by atoms with Crippen molar-refractivity contribution in [1.82, 2.24) is 4.90 Å². The fourth-order valence-electron chi connectivity index (χ4n) is 2.89. The molecule has 23 heavy (non-hydrogen) atoms. The maximum atomic E-state index is 11.1. The van der Waals surface area contributed by atoms with E-state index < -0.39 is 4.92 Å². The van der Waals surface area contributed by atoms with Crippen molar-refractivity contribution < 1.29 is 9.34 Å². The van der Waals surface area contributed by atoms with Crippen LogP contribution in [0.4, 0.5) is 5.69 Å². The van der Waals surface area contributed by atoms with Gasteiger partial charge >= 0.3 is 0 Å². The third kappa shape index (κ3) is 3.72. The fourth-order valence-corrected chi connectivity index (χ4v) is 2.89. The molecule has 0 amide bonds. The molecular weight excluding hydrogens is 318 g/mol. The minimum Gasteiger partial charge on any atom is -0.459 e. The molecule has 0 spiro atoms. The van der Waals surface area contributed by atoms with Gasteiger partial charge in [0.05, 0.1) is 17.0 Å². The van der Waals surface area contributed by atoms with Crippen molar-refractivity contribution in [3.05, 3.63) is 52.3 Å². The molecule has 1 fully saturated rings. The summed E-state index contributed by atoms with van der Waals surface area (Å²) in [7, 11) is 0. The number of nitrogens with zero attached hydrogens (tertiary/aromatic N) is 2. The van der Waals surface area contributed by atoms with Gasteiger partial charge in [0.2, 0.25) is 0 Å². The molecule has 1 aliphatic rings. The summed E-state index contributed by atoms with van der Waals surface area (Å²) in [6, 6.07) is 10.5. The Kier molecular flexibility index (Phi) is 5.41. The first kappa shape index (κ1) is 17.5. The molecule has 2 unspecified atom stereocenters. The Hall–Kier alpha value is -1.89. The predicted octanol–water partition coefficient (Wildman–Crippen LogP) is 3.06. The van der Waals surface area contributed by atoms with Crippen LogP contribution >= 0.6 is 12.4 Å². The first-order chi connectivity index (χ1) is 10.5. The van der Waals surface area contributed by atoms with Crippen molar-refractivity contribution in [3.8, 4) is 11.3 Å². The molecule has 1 aromatic carbocycles. The van der Waals surface area contributed by atoms with Gasteiger partial charge in [-0.3, -0.25) is 15.0 Å². The zero-order valence-electron chi connectivity index (χ0n) is 12.8. The second-order valence-corrected chi connectivity index (χ2v) is 5.88. The van der Waals surface area contributed by atoms with Crippen LogP contribution in [-0.2, 0) is 6.54 Å². The van der Waals surface area contributed by atoms with E-state index in [0.717, 1.165) is 18.8 Å². The molecule has 3 rings (SSSR count). The Labute approximate surface area is 140 Å². The van der Waals surface area contributed by atoms with Gasteiger partial charge in [-0.2, -0.15) is 0 Å². The summed E-state index contributed by atoms with van der Waals surface area (Å²) in [5.41, 5.74) is 6.59. The summed E-state index contributed by atoms with van der Waals surface area (Å²) in [4.78, 5) is 13.0. The van der Waals surface area contributed by atoms with E-state index >= 15 is 0 Å². The molecule has 124 valence electrons. The number of furan rings is 1. The second-order valence-electron chi connectivity index (χ2n) is 5.88. The van der Waals surface area contributed by atoms with Crippen LogP contribution in [0.2, 0.25) is 0 Å². The highest BCUT2D eigenvalue weighted by Gasteiger charge is 2.27. The van der Waals surface area contributed by atoms with Crippen LogP contribution in [0.15, 0.2) is 40.8 Å². The highest BCUT2D eigenvalue weighted by atomic mass is 35.5. The zero-order valence-corrected chi connectivity index (χ0v) is 13.7. The van der Waals surface area contributed by atoms with Gasteiger partial charge < -0.3 is 10.2 Å². The van der Waals surface area contributed by atoms with Crippen LogP contribution < -0.4 is 5.73 Å². The van der Waals surface area contributed by atoms with E-state index in [4.69, 9.17) is 10.2 Å². The van der Waals surface area contributed by atoms with E-state index in [1.54, 1.807) is 24.3 Å². The number of hydrogen-bond donors (Lipinski definition) is 1. The number of para-hydroxylation sites is 1. The lowest BCUT2D eigenvalue weighted by atomic mass is 10.1. The van der Waals surface area contributed by atoms with Crippen LogP contribution in [0.1, 0.15) is 12.7 Å². The smallest absolute Gasteiger partial charge is 0.280 e. The first-order valence-electron chi connectivity index (χ1n) is 7.35. The van der Waals surface area contributed by atoms with Gasteiger partial charge in [0.25, 0.3) is 5.69 Å². The molecule has 7 heteroatoms. The molecule has 6 nitrogen and oxygen atoms in total. The molecule has 1 aromatic heterocycles. The molecule has 2 aromatic rings. The number of nitro groups is 1. The van der Waals surface area contributed by atoms with E-state index in [9.17, 15) is 10.1 Å². The van der Waals surface area contributed by atoms with Crippen LogP contribution in [0.25, 0.3) is 11.3 Å². The van der Waals surface area contributed by atoms with Crippen molar-refractivity contribution in [2.24, 2.45) is 11.7 Å². The van der Waals surface area contributed by atoms with E-state index in [1.165, 1.54) is 6.07 Å². The fraction of sp³-hybridized carbons (Fsp3) is 0.375. The Morgan fingerprint density at radius 2 is 2.04 bits per heavy atom. The quantitative estimate of drug-likeness (QED) is 0.684. The number of halogens is 1. The van der Waals surface area contributed by atoms with Gasteiger partial charge in [-0.15, -0.1) is 12.4 Å². The Bertz CT molecular complexity index is 679. The Morgan fingerprint density at radius 1 is 1.30 bits per heavy atom. The lowest BCUT2D eigenvalue weighted by Crippen LogP contribution is -2.28. The van der Waals surface area contributed by atoms with Crippen LogP contribution in [-0.4, -0.2) is 29.0 Å². The van der Waals surface area contributed by atoms with E-state index in [1.807, 2.05) is 6.07 Å². The number of likely N-dealkylation sites (tertiary alicyclic amines) is 1. The Morgan fingerprint density at radius 3 is 2.70 bits per heavy atom. The summed E-state index contributed by atoms with van der Waals surface area (Å²) in [5.74, 6) is 1.80. The molecule has 1 aliphatic heterocycles. The molecule has 0 bridgehead atoms. The van der Waals surface area contributed by atoms with Gasteiger partial charge in [-0.05, 0) is 24.1 Å². The summed E-state index contributed by atoms with van der Waals surface area (Å²) in [6.45, 7) is 4.62. The van der Waals surface area contributed by atoms with Gasteiger partial charge in [0.1, 0.15) is 11.5 Å². The topological polar surface area (TPSA) is 85.5 Å². The van der Waals surface area contributed by atoms with E-state index in [2.05, 4.69) is 11.8 Å². The highest BCUT2D eigenvalue weighted by Crippen LogP contribution is 2.31.